The standard InChI is InChI=1S/C5H5NO.2H2O/c7-6-4-2-1-3-5-6;;/h1-5H;2*1H2. The molecule has 0 saturated heterocycles. The van der Waals surface area contributed by atoms with Gasteiger partial charge in [-0.25, -0.2) is 0 Å². The SMILES string of the molecule is O.O.[O-][n+]1ccccc1. The average Bonchev–Trinajstić information content (AvgIpc) is 1.69. The number of aromatic nitrogens is 1. The normalized spacial score (nSPS) is 6.67. The van der Waals surface area contributed by atoms with Crippen molar-refractivity contribution >= 4 is 0 Å². The molecule has 4 N–H and O–H groups in total. The van der Waals surface area contributed by atoms with Crippen LogP contribution in [0, 0.1) is 5.21 Å². The summed E-state index contributed by atoms with van der Waals surface area (Å²) in [5.41, 5.74) is 0. The molecule has 4 nitrogen and oxygen atoms in total. The van der Waals surface area contributed by atoms with Crippen LogP contribution in [0.5, 0.6) is 0 Å². The van der Waals surface area contributed by atoms with Gasteiger partial charge in [-0.2, -0.15) is 4.73 Å². The predicted molar refractivity (Wildman–Crippen MR) is 32.6 cm³/mol. The van der Waals surface area contributed by atoms with Crippen LogP contribution in [-0.4, -0.2) is 11.0 Å². The minimum absolute atomic E-state index is 0. The number of rotatable bonds is 0. The summed E-state index contributed by atoms with van der Waals surface area (Å²) in [4.78, 5) is 0. The molecule has 0 aromatic carbocycles. The fourth-order valence-corrected chi connectivity index (χ4v) is 0.383. The van der Waals surface area contributed by atoms with Crippen LogP contribution >= 0.6 is 0 Å². The van der Waals surface area contributed by atoms with Gasteiger partial charge >= 0.3 is 0 Å². The first-order valence-electron chi connectivity index (χ1n) is 2.03. The summed E-state index contributed by atoms with van der Waals surface area (Å²) in [5.74, 6) is 0. The Morgan fingerprint density at radius 1 is 0.889 bits per heavy atom. The van der Waals surface area contributed by atoms with Crippen LogP contribution in [0.15, 0.2) is 30.6 Å². The highest BCUT2D eigenvalue weighted by Gasteiger charge is 1.74. The van der Waals surface area contributed by atoms with Crippen LogP contribution in [-0.2, 0) is 0 Å². The summed E-state index contributed by atoms with van der Waals surface area (Å²) >= 11 is 0. The van der Waals surface area contributed by atoms with Gasteiger partial charge in [0.1, 0.15) is 0 Å². The molecule has 1 aromatic rings. The Morgan fingerprint density at radius 2 is 1.33 bits per heavy atom. The molecule has 1 rings (SSSR count). The van der Waals surface area contributed by atoms with Crippen LogP contribution in [0.3, 0.4) is 0 Å². The first kappa shape index (κ1) is 10.8. The summed E-state index contributed by atoms with van der Waals surface area (Å²) in [6.07, 6.45) is 2.89. The molecule has 1 heterocycles. The van der Waals surface area contributed by atoms with Crippen molar-refractivity contribution in [2.45, 2.75) is 0 Å². The zero-order valence-corrected chi connectivity index (χ0v) is 4.74. The summed E-state index contributed by atoms with van der Waals surface area (Å²) in [6.45, 7) is 0. The van der Waals surface area contributed by atoms with Crippen molar-refractivity contribution < 1.29 is 15.7 Å². The maximum Gasteiger partial charge on any atom is 0.180 e. The van der Waals surface area contributed by atoms with Gasteiger partial charge in [-0.3, -0.25) is 0 Å². The van der Waals surface area contributed by atoms with E-state index < -0.39 is 0 Å². The van der Waals surface area contributed by atoms with E-state index in [9.17, 15) is 5.21 Å². The van der Waals surface area contributed by atoms with Crippen LogP contribution in [0.1, 0.15) is 0 Å². The second kappa shape index (κ2) is 5.02. The van der Waals surface area contributed by atoms with E-state index >= 15 is 0 Å². The van der Waals surface area contributed by atoms with Crippen LogP contribution in [0.25, 0.3) is 0 Å². The maximum absolute atomic E-state index is 10.2. The largest absolute Gasteiger partial charge is 0.619 e. The van der Waals surface area contributed by atoms with Gasteiger partial charge in [-0.05, 0) is 0 Å². The smallest absolute Gasteiger partial charge is 0.180 e. The topological polar surface area (TPSA) is 89.9 Å². The quantitative estimate of drug-likeness (QED) is 0.317. The van der Waals surface area contributed by atoms with Crippen molar-refractivity contribution in [2.24, 2.45) is 0 Å². The highest BCUT2D eigenvalue weighted by Crippen LogP contribution is 1.72. The van der Waals surface area contributed by atoms with Gasteiger partial charge in [-0.1, -0.05) is 6.07 Å². The Hall–Kier alpha value is -1.13. The van der Waals surface area contributed by atoms with Gasteiger partial charge in [0, 0.05) is 12.1 Å². The van der Waals surface area contributed by atoms with Crippen molar-refractivity contribution in [1.29, 1.82) is 0 Å². The Balaban J connectivity index is 0. The molecule has 0 aliphatic rings. The predicted octanol–water partition coefficient (Wildman–Crippen LogP) is -1.33. The van der Waals surface area contributed by atoms with Gasteiger partial charge in [0.05, 0.1) is 0 Å². The number of pyridine rings is 1. The van der Waals surface area contributed by atoms with Crippen LogP contribution < -0.4 is 4.73 Å². The van der Waals surface area contributed by atoms with Gasteiger partial charge in [-0.15, -0.1) is 0 Å². The minimum atomic E-state index is 0. The highest BCUT2D eigenvalue weighted by molar-refractivity contribution is 4.83. The van der Waals surface area contributed by atoms with Crippen molar-refractivity contribution in [1.82, 2.24) is 0 Å². The summed E-state index contributed by atoms with van der Waals surface area (Å²) in [6, 6.07) is 5.18. The molecule has 0 atom stereocenters. The van der Waals surface area contributed by atoms with Crippen molar-refractivity contribution in [3.05, 3.63) is 35.8 Å². The Kier molecular flexibility index (Phi) is 6.01. The van der Waals surface area contributed by atoms with Crippen LogP contribution in [0.2, 0.25) is 0 Å². The molecule has 0 fully saturated rings. The molecular formula is C5H9NO3. The average molecular weight is 131 g/mol. The Labute approximate surface area is 52.6 Å². The fourth-order valence-electron chi connectivity index (χ4n) is 0.383. The van der Waals surface area contributed by atoms with Gasteiger partial charge in [0.15, 0.2) is 12.4 Å². The van der Waals surface area contributed by atoms with E-state index in [0.29, 0.717) is 0 Å². The van der Waals surface area contributed by atoms with Crippen molar-refractivity contribution in [2.75, 3.05) is 0 Å². The van der Waals surface area contributed by atoms with E-state index in [1.165, 1.54) is 12.4 Å². The zero-order chi connectivity index (χ0) is 5.11. The lowest BCUT2D eigenvalue weighted by Crippen LogP contribution is -2.22. The first-order chi connectivity index (χ1) is 3.39. The maximum atomic E-state index is 10.2. The van der Waals surface area contributed by atoms with Gasteiger partial charge in [0.2, 0.25) is 0 Å². The number of hydrogen-bond acceptors (Lipinski definition) is 1. The molecule has 4 heteroatoms. The third kappa shape index (κ3) is 3.45. The molecular weight excluding hydrogens is 122 g/mol. The van der Waals surface area contributed by atoms with E-state index in [0.717, 1.165) is 4.73 Å². The molecule has 9 heavy (non-hydrogen) atoms. The Morgan fingerprint density at radius 3 is 1.56 bits per heavy atom. The molecule has 0 saturated carbocycles. The van der Waals surface area contributed by atoms with Gasteiger partial charge < -0.3 is 16.2 Å². The number of nitrogens with zero attached hydrogens (tertiary/aromatic N) is 1. The van der Waals surface area contributed by atoms with E-state index in [2.05, 4.69) is 0 Å². The monoisotopic (exact) mass is 131 g/mol. The molecule has 52 valence electrons. The zero-order valence-electron chi connectivity index (χ0n) is 4.74. The Bertz CT molecular complexity index is 142. The van der Waals surface area contributed by atoms with E-state index in [1.54, 1.807) is 18.2 Å². The minimum Gasteiger partial charge on any atom is -0.619 e. The summed E-state index contributed by atoms with van der Waals surface area (Å²) in [7, 11) is 0. The third-order valence-corrected chi connectivity index (χ3v) is 0.688. The third-order valence-electron chi connectivity index (χ3n) is 0.688. The second-order valence-corrected chi connectivity index (χ2v) is 1.24. The molecule has 0 aliphatic carbocycles. The molecule has 1 aromatic heterocycles. The molecule has 0 bridgehead atoms. The lowest BCUT2D eigenvalue weighted by Gasteiger charge is -1.88. The van der Waals surface area contributed by atoms with Gasteiger partial charge in [0.25, 0.3) is 0 Å². The first-order valence-corrected chi connectivity index (χ1v) is 2.03. The second-order valence-electron chi connectivity index (χ2n) is 1.24. The molecule has 0 unspecified atom stereocenters. The van der Waals surface area contributed by atoms with E-state index in [1.807, 2.05) is 0 Å². The van der Waals surface area contributed by atoms with E-state index in [-0.39, 0.29) is 11.0 Å². The number of hydrogen-bond donors (Lipinski definition) is 0. The van der Waals surface area contributed by atoms with Crippen molar-refractivity contribution in [3.8, 4) is 0 Å². The van der Waals surface area contributed by atoms with E-state index in [4.69, 9.17) is 0 Å². The molecule has 0 amide bonds. The summed E-state index contributed by atoms with van der Waals surface area (Å²) in [5, 5.41) is 10.2. The van der Waals surface area contributed by atoms with Crippen LogP contribution in [0.4, 0.5) is 0 Å². The summed E-state index contributed by atoms with van der Waals surface area (Å²) < 4.78 is 0.750. The molecule has 0 aliphatic heterocycles. The molecule has 0 spiro atoms. The molecule has 0 radical (unpaired) electrons. The van der Waals surface area contributed by atoms with Crippen molar-refractivity contribution in [3.63, 3.8) is 0 Å². The lowest BCUT2D eigenvalue weighted by molar-refractivity contribution is -0.605. The fraction of sp³-hybridized carbons (Fsp3) is 0. The highest BCUT2D eigenvalue weighted by atomic mass is 16.5. The lowest BCUT2D eigenvalue weighted by atomic mass is 10.5.